The minimum absolute atomic E-state index is 0.0939. The van der Waals surface area contributed by atoms with E-state index in [1.54, 1.807) is 7.05 Å². The Bertz CT molecular complexity index is 2260. The number of fused-ring (bicyclic) bond motifs is 2. The van der Waals surface area contributed by atoms with Gasteiger partial charge in [0.1, 0.15) is 11.0 Å². The van der Waals surface area contributed by atoms with E-state index < -0.39 is 0 Å². The number of hydrogen-bond acceptors (Lipinski definition) is 10. The highest BCUT2D eigenvalue weighted by Crippen LogP contribution is 2.37. The number of rotatable bonds is 9. The molecule has 0 radical (unpaired) electrons. The van der Waals surface area contributed by atoms with E-state index in [0.29, 0.717) is 24.0 Å². The van der Waals surface area contributed by atoms with E-state index in [1.807, 2.05) is 36.8 Å². The van der Waals surface area contributed by atoms with Crippen LogP contribution in [0.1, 0.15) is 41.5 Å². The highest BCUT2D eigenvalue weighted by Gasteiger charge is 2.25. The Morgan fingerprint density at radius 2 is 1.58 bits per heavy atom. The highest BCUT2D eigenvalue weighted by molar-refractivity contribution is 5.91. The largest absolute Gasteiger partial charge is 0.418 e. The van der Waals surface area contributed by atoms with Crippen molar-refractivity contribution >= 4 is 39.5 Å². The van der Waals surface area contributed by atoms with Crippen LogP contribution < -0.4 is 10.6 Å². The summed E-state index contributed by atoms with van der Waals surface area (Å²) in [5.74, 6) is 1.48. The molecule has 6 aromatic rings. The van der Waals surface area contributed by atoms with Gasteiger partial charge in [0.15, 0.2) is 5.82 Å². The Morgan fingerprint density at radius 1 is 0.865 bits per heavy atom. The van der Waals surface area contributed by atoms with Crippen LogP contribution in [0.2, 0.25) is 0 Å². The minimum atomic E-state index is -0.241. The molecule has 6 heterocycles. The molecule has 52 heavy (non-hydrogen) atoms. The number of nitrogens with zero attached hydrogens (tertiary/aromatic N) is 6. The molecule has 0 spiro atoms. The molecule has 0 unspecified atom stereocenters. The summed E-state index contributed by atoms with van der Waals surface area (Å²) in [6.07, 6.45) is 7.91. The number of likely N-dealkylation sites (tertiary alicyclic amines) is 2. The molecule has 266 valence electrons. The summed E-state index contributed by atoms with van der Waals surface area (Å²) < 4.78 is 6.23. The van der Waals surface area contributed by atoms with Crippen molar-refractivity contribution < 1.29 is 14.3 Å². The zero-order valence-corrected chi connectivity index (χ0v) is 29.9. The number of nitrogens with one attached hydrogen (secondary N) is 2. The number of pyridine rings is 3. The maximum absolute atomic E-state index is 12.0. The van der Waals surface area contributed by atoms with Crippen molar-refractivity contribution in [1.82, 2.24) is 35.1 Å². The highest BCUT2D eigenvalue weighted by atomic mass is 16.4. The van der Waals surface area contributed by atoms with Crippen molar-refractivity contribution in [3.05, 3.63) is 95.4 Å². The zero-order valence-electron chi connectivity index (χ0n) is 29.9. The van der Waals surface area contributed by atoms with Gasteiger partial charge in [0, 0.05) is 74.4 Å². The third kappa shape index (κ3) is 6.87. The average Bonchev–Trinajstić information content (AvgIpc) is 3.77. The summed E-state index contributed by atoms with van der Waals surface area (Å²) in [5.41, 5.74) is 10.5. The Labute approximate surface area is 303 Å². The normalized spacial score (nSPS) is 17.3. The average molecular weight is 697 g/mol. The number of anilines is 2. The third-order valence-corrected chi connectivity index (χ3v) is 10.7. The summed E-state index contributed by atoms with van der Waals surface area (Å²) in [6.45, 7) is 9.13. The second-order valence-corrected chi connectivity index (χ2v) is 14.2. The number of hydrogen-bond donors (Lipinski definition) is 3. The van der Waals surface area contributed by atoms with E-state index in [1.165, 1.54) is 0 Å². The molecule has 2 aromatic carbocycles. The molecule has 3 N–H and O–H groups in total. The van der Waals surface area contributed by atoms with Gasteiger partial charge in [-0.25, -0.2) is 15.0 Å². The molecule has 8 rings (SSSR count). The van der Waals surface area contributed by atoms with Crippen LogP contribution in [0.25, 0.3) is 44.7 Å². The van der Waals surface area contributed by atoms with Gasteiger partial charge in [0.05, 0.1) is 6.10 Å². The molecule has 11 nitrogen and oxygen atoms in total. The van der Waals surface area contributed by atoms with Gasteiger partial charge in [0.2, 0.25) is 17.5 Å². The number of amides is 1. The molecule has 2 fully saturated rings. The molecule has 0 saturated carbocycles. The lowest BCUT2D eigenvalue weighted by Crippen LogP contribution is -2.39. The molecule has 2 aliphatic rings. The maximum atomic E-state index is 12.0. The van der Waals surface area contributed by atoms with E-state index in [4.69, 9.17) is 14.4 Å². The summed E-state index contributed by atoms with van der Waals surface area (Å²) in [7, 11) is 1.71. The van der Waals surface area contributed by atoms with E-state index in [2.05, 4.69) is 80.6 Å². The first kappa shape index (κ1) is 33.9. The Kier molecular flexibility index (Phi) is 9.40. The topological polar surface area (TPSA) is 133 Å². The Hall–Kier alpha value is -5.23. The first-order valence-electron chi connectivity index (χ1n) is 18.1. The summed E-state index contributed by atoms with van der Waals surface area (Å²) in [4.78, 5) is 35.7. The smallest absolute Gasteiger partial charge is 0.247 e. The number of benzene rings is 2. The van der Waals surface area contributed by atoms with Crippen LogP contribution in [0.15, 0.2) is 77.6 Å². The monoisotopic (exact) mass is 696 g/mol. The van der Waals surface area contributed by atoms with Crippen LogP contribution in [0.3, 0.4) is 0 Å². The number of carbonyl (C=O) groups is 1. The summed E-state index contributed by atoms with van der Waals surface area (Å²) >= 11 is 0. The van der Waals surface area contributed by atoms with Gasteiger partial charge in [-0.1, -0.05) is 24.3 Å². The molecule has 2 saturated heterocycles. The number of aliphatic hydroxyl groups is 1. The summed E-state index contributed by atoms with van der Waals surface area (Å²) in [5, 5.41) is 17.3. The fraction of sp³-hybridized carbons (Fsp3) is 0.341. The van der Waals surface area contributed by atoms with Crippen LogP contribution in [-0.2, 0) is 17.9 Å². The fourth-order valence-corrected chi connectivity index (χ4v) is 7.73. The molecular weight excluding hydrogens is 653 g/mol. The van der Waals surface area contributed by atoms with E-state index in [-0.39, 0.29) is 17.9 Å². The standard InChI is InChI=1S/C41H44N8O3/c1-25-32(6-4-8-34(25)40-47-36-19-28(21-45-41(36)52-40)22-48-15-11-29(12-16-48)39(51)42-3)33-7-5-9-35(26(33)2)46-38-37-30(10-14-43-38)18-27(20-44-37)23-49-17-13-31(50)24-49/h4-10,14,18-21,29,31,50H,11-13,15-17,22-24H2,1-3H3,(H,42,51)(H,43,46)/t31-/m1/s1. The van der Waals surface area contributed by atoms with Crippen LogP contribution in [0.5, 0.6) is 0 Å². The Balaban J connectivity index is 1.01. The van der Waals surface area contributed by atoms with Crippen molar-refractivity contribution in [2.75, 3.05) is 38.5 Å². The lowest BCUT2D eigenvalue weighted by atomic mass is 9.93. The quantitative estimate of drug-likeness (QED) is 0.156. The van der Waals surface area contributed by atoms with Crippen molar-refractivity contribution in [2.45, 2.75) is 52.3 Å². The first-order chi connectivity index (χ1) is 25.3. The molecule has 1 amide bonds. The number of aromatic nitrogens is 4. The number of piperidine rings is 1. The first-order valence-corrected chi connectivity index (χ1v) is 18.1. The van der Waals surface area contributed by atoms with Gasteiger partial charge >= 0.3 is 0 Å². The number of aliphatic hydroxyl groups excluding tert-OH is 1. The molecule has 11 heteroatoms. The molecule has 0 bridgehead atoms. The van der Waals surface area contributed by atoms with Crippen LogP contribution >= 0.6 is 0 Å². The van der Waals surface area contributed by atoms with E-state index in [0.717, 1.165) is 113 Å². The van der Waals surface area contributed by atoms with Gasteiger partial charge in [-0.15, -0.1) is 0 Å². The predicted octanol–water partition coefficient (Wildman–Crippen LogP) is 6.39. The maximum Gasteiger partial charge on any atom is 0.247 e. The Morgan fingerprint density at radius 3 is 2.37 bits per heavy atom. The van der Waals surface area contributed by atoms with Crippen molar-refractivity contribution in [3.63, 3.8) is 0 Å². The second-order valence-electron chi connectivity index (χ2n) is 14.2. The van der Waals surface area contributed by atoms with E-state index in [9.17, 15) is 9.90 Å². The summed E-state index contributed by atoms with van der Waals surface area (Å²) in [6, 6.07) is 18.7. The van der Waals surface area contributed by atoms with Crippen molar-refractivity contribution in [3.8, 4) is 22.6 Å². The second kappa shape index (κ2) is 14.4. The third-order valence-electron chi connectivity index (χ3n) is 10.7. The number of oxazole rings is 1. The van der Waals surface area contributed by atoms with Crippen LogP contribution in [-0.4, -0.2) is 80.1 Å². The van der Waals surface area contributed by atoms with Crippen LogP contribution in [0, 0.1) is 19.8 Å². The lowest BCUT2D eigenvalue weighted by molar-refractivity contribution is -0.125. The molecule has 0 aliphatic carbocycles. The van der Waals surface area contributed by atoms with Gasteiger partial charge in [-0.2, -0.15) is 0 Å². The molecule has 2 aliphatic heterocycles. The SMILES string of the molecule is CNC(=O)C1CCN(Cc2cnc3oc(-c4cccc(-c5cccc(Nc6nccc7cc(CN8CC[C@@H](O)C8)cnc67)c5C)c4C)nc3c2)CC1. The van der Waals surface area contributed by atoms with Gasteiger partial charge in [0.25, 0.3) is 0 Å². The van der Waals surface area contributed by atoms with Gasteiger partial charge in [-0.3, -0.25) is 19.6 Å². The number of carbonyl (C=O) groups excluding carboxylic acids is 1. The van der Waals surface area contributed by atoms with E-state index >= 15 is 0 Å². The lowest BCUT2D eigenvalue weighted by Gasteiger charge is -2.30. The predicted molar refractivity (Wildman–Crippen MR) is 203 cm³/mol. The minimum Gasteiger partial charge on any atom is -0.418 e. The van der Waals surface area contributed by atoms with Crippen molar-refractivity contribution in [2.24, 2.45) is 5.92 Å². The van der Waals surface area contributed by atoms with Crippen LogP contribution in [0.4, 0.5) is 11.5 Å². The molecule has 4 aromatic heterocycles. The van der Waals surface area contributed by atoms with Gasteiger partial charge in [-0.05, 0) is 110 Å². The molecular formula is C41H44N8O3. The van der Waals surface area contributed by atoms with Crippen molar-refractivity contribution in [1.29, 1.82) is 0 Å². The fourth-order valence-electron chi connectivity index (χ4n) is 7.73. The number of β-amino-alcohol motifs (C(OH)–C–C–N with tert-alkyl or cyclic N) is 1. The zero-order chi connectivity index (χ0) is 35.8. The molecule has 1 atom stereocenters. The van der Waals surface area contributed by atoms with Gasteiger partial charge < -0.3 is 20.2 Å².